The lowest BCUT2D eigenvalue weighted by Gasteiger charge is -2.23. The van der Waals surface area contributed by atoms with Gasteiger partial charge in [-0.25, -0.2) is 9.48 Å². The van der Waals surface area contributed by atoms with E-state index in [1.807, 2.05) is 44.2 Å². The Kier molecular flexibility index (Phi) is 4.18. The van der Waals surface area contributed by atoms with Gasteiger partial charge in [-0.15, -0.1) is 5.10 Å². The molecule has 142 valence electrons. The molecule has 1 aromatic heterocycles. The number of carbonyl (C=O) groups excluding carboxylic acids is 2. The number of aryl methyl sites for hydroxylation is 2. The molecule has 0 spiro atoms. The van der Waals surface area contributed by atoms with Gasteiger partial charge >= 0.3 is 6.03 Å². The fourth-order valence-electron chi connectivity index (χ4n) is 3.62. The third-order valence-corrected chi connectivity index (χ3v) is 4.93. The highest BCUT2D eigenvalue weighted by Gasteiger charge is 2.49. The summed E-state index contributed by atoms with van der Waals surface area (Å²) in [5.74, 6) is -0.287. The molecule has 3 amide bonds. The van der Waals surface area contributed by atoms with E-state index in [0.717, 1.165) is 16.7 Å². The molecule has 0 bridgehead atoms. The van der Waals surface area contributed by atoms with Gasteiger partial charge < -0.3 is 5.32 Å². The van der Waals surface area contributed by atoms with Crippen LogP contribution in [-0.4, -0.2) is 37.0 Å². The number of nitrogens with one attached hydrogen (secondary N) is 1. The van der Waals surface area contributed by atoms with Gasteiger partial charge in [-0.3, -0.25) is 9.69 Å². The second kappa shape index (κ2) is 6.56. The smallest absolute Gasteiger partial charge is 0.319 e. The molecule has 1 saturated heterocycles. The van der Waals surface area contributed by atoms with Crippen molar-refractivity contribution in [2.45, 2.75) is 32.9 Å². The lowest BCUT2D eigenvalue weighted by atomic mass is 9.91. The van der Waals surface area contributed by atoms with Gasteiger partial charge in [0.05, 0.1) is 12.2 Å². The number of tetrazole rings is 1. The SMILES string of the molecule is Cc1cc(C)cc(CN2C(=O)N[C@@](C)(c3cccc(-n4cnnn4)c3)C2=O)c1. The normalized spacial score (nSPS) is 19.2. The fraction of sp³-hybridized carbons (Fsp3) is 0.250. The van der Waals surface area contributed by atoms with Crippen LogP contribution in [0.15, 0.2) is 48.8 Å². The highest BCUT2D eigenvalue weighted by molar-refractivity contribution is 6.07. The molecule has 3 aromatic rings. The second-order valence-electron chi connectivity index (χ2n) is 7.25. The lowest BCUT2D eigenvalue weighted by Crippen LogP contribution is -2.40. The van der Waals surface area contributed by atoms with Gasteiger partial charge in [0.1, 0.15) is 11.9 Å². The standard InChI is InChI=1S/C20H20N6O2/c1-13-7-14(2)9-15(8-13)11-25-18(27)20(3,22-19(25)28)16-5-4-6-17(10-16)26-12-21-23-24-26/h4-10,12H,11H2,1-3H3,(H,22,28)/t20-/m0/s1. The Labute approximate surface area is 162 Å². The third kappa shape index (κ3) is 3.02. The Hall–Kier alpha value is -3.55. The zero-order valence-corrected chi connectivity index (χ0v) is 15.9. The number of hydrogen-bond acceptors (Lipinski definition) is 5. The summed E-state index contributed by atoms with van der Waals surface area (Å²) in [7, 11) is 0. The molecular weight excluding hydrogens is 356 g/mol. The van der Waals surface area contributed by atoms with Crippen molar-refractivity contribution in [2.75, 3.05) is 0 Å². The Morgan fingerprint density at radius 1 is 1.07 bits per heavy atom. The van der Waals surface area contributed by atoms with E-state index in [-0.39, 0.29) is 12.5 Å². The summed E-state index contributed by atoms with van der Waals surface area (Å²) in [4.78, 5) is 27.1. The quantitative estimate of drug-likeness (QED) is 0.705. The van der Waals surface area contributed by atoms with Crippen molar-refractivity contribution in [2.24, 2.45) is 0 Å². The summed E-state index contributed by atoms with van der Waals surface area (Å²) in [6.07, 6.45) is 1.48. The van der Waals surface area contributed by atoms with Gasteiger partial charge in [0.25, 0.3) is 5.91 Å². The molecule has 28 heavy (non-hydrogen) atoms. The zero-order valence-electron chi connectivity index (χ0n) is 15.9. The summed E-state index contributed by atoms with van der Waals surface area (Å²) in [5.41, 5.74) is 3.34. The van der Waals surface area contributed by atoms with Crippen molar-refractivity contribution in [1.82, 2.24) is 30.4 Å². The van der Waals surface area contributed by atoms with Crippen LogP contribution in [0.5, 0.6) is 0 Å². The predicted octanol–water partition coefficient (Wildman–Crippen LogP) is 2.25. The second-order valence-corrected chi connectivity index (χ2v) is 7.25. The van der Waals surface area contributed by atoms with E-state index in [1.54, 1.807) is 13.0 Å². The van der Waals surface area contributed by atoms with Crippen LogP contribution in [0.3, 0.4) is 0 Å². The maximum atomic E-state index is 13.2. The molecule has 0 saturated carbocycles. The number of nitrogens with zero attached hydrogens (tertiary/aromatic N) is 5. The molecule has 0 radical (unpaired) electrons. The van der Waals surface area contributed by atoms with Gasteiger partial charge in [-0.05, 0) is 54.5 Å². The van der Waals surface area contributed by atoms with E-state index in [4.69, 9.17) is 0 Å². The molecule has 1 fully saturated rings. The van der Waals surface area contributed by atoms with E-state index in [9.17, 15) is 9.59 Å². The molecule has 1 N–H and O–H groups in total. The number of urea groups is 1. The van der Waals surface area contributed by atoms with Crippen LogP contribution in [0, 0.1) is 13.8 Å². The first-order chi connectivity index (χ1) is 13.4. The summed E-state index contributed by atoms with van der Waals surface area (Å²) in [6.45, 7) is 5.94. The van der Waals surface area contributed by atoms with Gasteiger partial charge in [0.15, 0.2) is 0 Å². The number of rotatable bonds is 4. The van der Waals surface area contributed by atoms with Gasteiger partial charge in [0, 0.05) is 0 Å². The topological polar surface area (TPSA) is 93.0 Å². The molecule has 1 aliphatic heterocycles. The molecule has 8 heteroatoms. The molecule has 2 aromatic carbocycles. The fourth-order valence-corrected chi connectivity index (χ4v) is 3.62. The van der Waals surface area contributed by atoms with Crippen molar-refractivity contribution in [3.05, 3.63) is 71.0 Å². The van der Waals surface area contributed by atoms with Crippen LogP contribution < -0.4 is 5.32 Å². The van der Waals surface area contributed by atoms with E-state index >= 15 is 0 Å². The van der Waals surface area contributed by atoms with Crippen molar-refractivity contribution >= 4 is 11.9 Å². The minimum absolute atomic E-state index is 0.232. The summed E-state index contributed by atoms with van der Waals surface area (Å²) >= 11 is 0. The first kappa shape index (κ1) is 17.8. The Balaban J connectivity index is 1.65. The lowest BCUT2D eigenvalue weighted by molar-refractivity contribution is -0.131. The Morgan fingerprint density at radius 3 is 2.50 bits per heavy atom. The van der Waals surface area contributed by atoms with Gasteiger partial charge in [-0.1, -0.05) is 41.5 Å². The molecule has 4 rings (SSSR count). The first-order valence-electron chi connectivity index (χ1n) is 8.92. The minimum Gasteiger partial charge on any atom is -0.319 e. The van der Waals surface area contributed by atoms with Crippen LogP contribution in [0.2, 0.25) is 0 Å². The molecule has 1 aliphatic rings. The number of aromatic nitrogens is 4. The summed E-state index contributed by atoms with van der Waals surface area (Å²) < 4.78 is 1.50. The van der Waals surface area contributed by atoms with E-state index in [2.05, 4.69) is 26.9 Å². The largest absolute Gasteiger partial charge is 0.325 e. The van der Waals surface area contributed by atoms with E-state index in [0.29, 0.717) is 11.3 Å². The van der Waals surface area contributed by atoms with Crippen molar-refractivity contribution < 1.29 is 9.59 Å². The number of amides is 3. The summed E-state index contributed by atoms with van der Waals surface area (Å²) in [5, 5.41) is 14.0. The number of imide groups is 1. The maximum Gasteiger partial charge on any atom is 0.325 e. The monoisotopic (exact) mass is 376 g/mol. The Morgan fingerprint density at radius 2 is 1.82 bits per heavy atom. The van der Waals surface area contributed by atoms with Crippen molar-refractivity contribution in [3.8, 4) is 5.69 Å². The third-order valence-electron chi connectivity index (χ3n) is 4.93. The van der Waals surface area contributed by atoms with E-state index < -0.39 is 11.6 Å². The van der Waals surface area contributed by atoms with Crippen LogP contribution in [0.25, 0.3) is 5.69 Å². The molecule has 2 heterocycles. The predicted molar refractivity (Wildman–Crippen MR) is 102 cm³/mol. The number of carbonyl (C=O) groups is 2. The highest BCUT2D eigenvalue weighted by Crippen LogP contribution is 2.31. The molecule has 0 unspecified atom stereocenters. The Bertz CT molecular complexity index is 1040. The first-order valence-corrected chi connectivity index (χ1v) is 8.92. The van der Waals surface area contributed by atoms with E-state index in [1.165, 1.54) is 15.9 Å². The zero-order chi connectivity index (χ0) is 19.9. The van der Waals surface area contributed by atoms with Crippen LogP contribution >= 0.6 is 0 Å². The molecule has 1 atom stereocenters. The molecule has 8 nitrogen and oxygen atoms in total. The average molecular weight is 376 g/mol. The van der Waals surface area contributed by atoms with Crippen LogP contribution in [-0.2, 0) is 16.9 Å². The van der Waals surface area contributed by atoms with Gasteiger partial charge in [0.2, 0.25) is 0 Å². The van der Waals surface area contributed by atoms with Crippen LogP contribution in [0.1, 0.15) is 29.2 Å². The summed E-state index contributed by atoms with van der Waals surface area (Å²) in [6, 6.07) is 12.9. The molecular formula is C20H20N6O2. The van der Waals surface area contributed by atoms with Crippen LogP contribution in [0.4, 0.5) is 4.79 Å². The maximum absolute atomic E-state index is 13.2. The minimum atomic E-state index is -1.15. The number of hydrogen-bond donors (Lipinski definition) is 1. The highest BCUT2D eigenvalue weighted by atomic mass is 16.2. The van der Waals surface area contributed by atoms with Crippen molar-refractivity contribution in [1.29, 1.82) is 0 Å². The molecule has 0 aliphatic carbocycles. The van der Waals surface area contributed by atoms with Crippen molar-refractivity contribution in [3.63, 3.8) is 0 Å². The average Bonchev–Trinajstić information content (AvgIpc) is 3.25. The number of benzene rings is 2. The van der Waals surface area contributed by atoms with Gasteiger partial charge in [-0.2, -0.15) is 0 Å².